The molecule has 4 fully saturated rings. The van der Waals surface area contributed by atoms with Gasteiger partial charge in [-0.05, 0) is 74.7 Å². The Morgan fingerprint density at radius 1 is 1.12 bits per heavy atom. The summed E-state index contributed by atoms with van der Waals surface area (Å²) in [5.74, 6) is -1.66. The standard InChI is InChI=1S/C25H34F2N4O2/c26-20-11-16(19-2-4-23(32)29-24(19)33)1-3-22(20)31-8-5-17(21(27)15-31)14-30-9-6-25(7-10-30)12-18(28)13-25/h1,3,11,17-19,21H,2,4-10,12-15,28H2,(H,29,32,33)/t17-,19?,21-/m0/s1. The zero-order valence-corrected chi connectivity index (χ0v) is 19.1. The van der Waals surface area contributed by atoms with E-state index in [1.54, 1.807) is 17.0 Å². The van der Waals surface area contributed by atoms with Gasteiger partial charge in [-0.25, -0.2) is 8.78 Å². The van der Waals surface area contributed by atoms with Crippen molar-refractivity contribution in [1.29, 1.82) is 0 Å². The van der Waals surface area contributed by atoms with Crippen LogP contribution in [0.3, 0.4) is 0 Å². The smallest absolute Gasteiger partial charge is 0.234 e. The number of alkyl halides is 1. The molecule has 4 aliphatic rings. The van der Waals surface area contributed by atoms with Gasteiger partial charge in [0.2, 0.25) is 11.8 Å². The molecule has 0 bridgehead atoms. The lowest BCUT2D eigenvalue weighted by molar-refractivity contribution is -0.134. The molecule has 3 N–H and O–H groups in total. The molecule has 1 aliphatic carbocycles. The number of imide groups is 1. The van der Waals surface area contributed by atoms with E-state index in [0.29, 0.717) is 42.1 Å². The van der Waals surface area contributed by atoms with Crippen molar-refractivity contribution in [3.8, 4) is 0 Å². The van der Waals surface area contributed by atoms with Crippen LogP contribution in [0.15, 0.2) is 18.2 Å². The molecule has 6 nitrogen and oxygen atoms in total. The quantitative estimate of drug-likeness (QED) is 0.676. The Morgan fingerprint density at radius 3 is 2.52 bits per heavy atom. The second-order valence-electron chi connectivity index (χ2n) is 10.7. The number of piperidine rings is 3. The SMILES string of the molecule is NC1CC2(CCN(C[C@@H]3CCN(c4ccc(C5CCC(=O)NC5=O)cc4F)C[C@@H]3F)CC2)C1. The fraction of sp³-hybridized carbons (Fsp3) is 0.680. The summed E-state index contributed by atoms with van der Waals surface area (Å²) in [5.41, 5.74) is 7.38. The maximum atomic E-state index is 15.1. The molecule has 1 unspecified atom stereocenters. The first kappa shape index (κ1) is 22.7. The average molecular weight is 461 g/mol. The molecule has 33 heavy (non-hydrogen) atoms. The third-order valence-electron chi connectivity index (χ3n) is 8.43. The molecule has 5 rings (SSSR count). The predicted molar refractivity (Wildman–Crippen MR) is 122 cm³/mol. The Bertz CT molecular complexity index is 910. The number of carbonyl (C=O) groups is 2. The molecule has 3 atom stereocenters. The molecular weight excluding hydrogens is 426 g/mol. The van der Waals surface area contributed by atoms with Crippen LogP contribution in [0, 0.1) is 17.2 Å². The molecule has 1 saturated carbocycles. The van der Waals surface area contributed by atoms with Gasteiger partial charge >= 0.3 is 0 Å². The first-order chi connectivity index (χ1) is 15.8. The topological polar surface area (TPSA) is 78.7 Å². The van der Waals surface area contributed by atoms with Crippen LogP contribution in [0.25, 0.3) is 0 Å². The van der Waals surface area contributed by atoms with Gasteiger partial charge in [0.25, 0.3) is 0 Å². The van der Waals surface area contributed by atoms with E-state index < -0.39 is 17.9 Å². The molecule has 2 amide bonds. The second-order valence-corrected chi connectivity index (χ2v) is 10.7. The number of amides is 2. The number of halogens is 2. The van der Waals surface area contributed by atoms with Gasteiger partial charge in [-0.1, -0.05) is 6.07 Å². The lowest BCUT2D eigenvalue weighted by Crippen LogP contribution is -2.53. The Kier molecular flexibility index (Phi) is 6.16. The summed E-state index contributed by atoms with van der Waals surface area (Å²) < 4.78 is 30.1. The molecular formula is C25H34F2N4O2. The summed E-state index contributed by atoms with van der Waals surface area (Å²) in [5, 5.41) is 2.31. The van der Waals surface area contributed by atoms with Crippen molar-refractivity contribution in [3.05, 3.63) is 29.6 Å². The van der Waals surface area contributed by atoms with E-state index in [4.69, 9.17) is 5.73 Å². The molecule has 3 saturated heterocycles. The number of hydrogen-bond acceptors (Lipinski definition) is 5. The number of rotatable bonds is 4. The molecule has 3 aliphatic heterocycles. The first-order valence-corrected chi connectivity index (χ1v) is 12.3. The van der Waals surface area contributed by atoms with Crippen molar-refractivity contribution in [1.82, 2.24) is 10.2 Å². The minimum atomic E-state index is -0.999. The third-order valence-corrected chi connectivity index (χ3v) is 8.43. The summed E-state index contributed by atoms with van der Waals surface area (Å²) in [6.07, 6.45) is 4.94. The van der Waals surface area contributed by atoms with Crippen LogP contribution in [0.4, 0.5) is 14.5 Å². The summed E-state index contributed by atoms with van der Waals surface area (Å²) in [7, 11) is 0. The van der Waals surface area contributed by atoms with Crippen LogP contribution in [-0.2, 0) is 9.59 Å². The maximum Gasteiger partial charge on any atom is 0.234 e. The van der Waals surface area contributed by atoms with Gasteiger partial charge in [0.05, 0.1) is 11.6 Å². The van der Waals surface area contributed by atoms with E-state index >= 15 is 4.39 Å². The highest BCUT2D eigenvalue weighted by atomic mass is 19.1. The molecule has 1 spiro atoms. The van der Waals surface area contributed by atoms with Crippen LogP contribution in [0.1, 0.15) is 56.4 Å². The zero-order valence-electron chi connectivity index (χ0n) is 19.1. The molecule has 8 heteroatoms. The number of benzene rings is 1. The van der Waals surface area contributed by atoms with E-state index in [9.17, 15) is 14.0 Å². The van der Waals surface area contributed by atoms with Gasteiger partial charge in [0, 0.05) is 38.0 Å². The number of nitrogens with two attached hydrogens (primary N) is 1. The molecule has 0 aromatic heterocycles. The summed E-state index contributed by atoms with van der Waals surface area (Å²) >= 11 is 0. The van der Waals surface area contributed by atoms with E-state index in [1.807, 2.05) is 0 Å². The van der Waals surface area contributed by atoms with Gasteiger partial charge in [-0.15, -0.1) is 0 Å². The second kappa shape index (κ2) is 8.95. The first-order valence-electron chi connectivity index (χ1n) is 12.3. The summed E-state index contributed by atoms with van der Waals surface area (Å²) in [6.45, 7) is 3.62. The minimum absolute atomic E-state index is 0.0234. The van der Waals surface area contributed by atoms with Crippen LogP contribution < -0.4 is 16.0 Å². The third kappa shape index (κ3) is 4.64. The Hall–Kier alpha value is -2.06. The minimum Gasteiger partial charge on any atom is -0.366 e. The van der Waals surface area contributed by atoms with Crippen molar-refractivity contribution in [3.63, 3.8) is 0 Å². The zero-order chi connectivity index (χ0) is 23.2. The average Bonchev–Trinajstić information content (AvgIpc) is 2.76. The van der Waals surface area contributed by atoms with Gasteiger partial charge in [0.1, 0.15) is 12.0 Å². The maximum absolute atomic E-state index is 15.1. The van der Waals surface area contributed by atoms with E-state index in [1.165, 1.54) is 18.9 Å². The van der Waals surface area contributed by atoms with Crippen LogP contribution in [0.2, 0.25) is 0 Å². The Labute approximate surface area is 193 Å². The highest BCUT2D eigenvalue weighted by molar-refractivity contribution is 6.00. The van der Waals surface area contributed by atoms with Crippen molar-refractivity contribution in [2.24, 2.45) is 17.1 Å². The van der Waals surface area contributed by atoms with E-state index in [2.05, 4.69) is 10.2 Å². The van der Waals surface area contributed by atoms with Crippen molar-refractivity contribution in [2.45, 2.75) is 63.1 Å². The van der Waals surface area contributed by atoms with Gasteiger partial charge < -0.3 is 15.5 Å². The summed E-state index contributed by atoms with van der Waals surface area (Å²) in [6, 6.07) is 5.11. The largest absolute Gasteiger partial charge is 0.366 e. The summed E-state index contributed by atoms with van der Waals surface area (Å²) in [4.78, 5) is 27.6. The molecule has 1 aromatic carbocycles. The Morgan fingerprint density at radius 2 is 1.88 bits per heavy atom. The number of anilines is 1. The normalized spacial score (nSPS) is 30.9. The number of hydrogen-bond donors (Lipinski definition) is 2. The van der Waals surface area contributed by atoms with Crippen LogP contribution in [-0.4, -0.2) is 61.7 Å². The van der Waals surface area contributed by atoms with Crippen LogP contribution >= 0.6 is 0 Å². The van der Waals surface area contributed by atoms with E-state index in [-0.39, 0.29) is 30.7 Å². The van der Waals surface area contributed by atoms with Gasteiger partial charge in [-0.3, -0.25) is 14.9 Å². The number of carbonyl (C=O) groups excluding carboxylic acids is 2. The highest BCUT2D eigenvalue weighted by Crippen LogP contribution is 2.48. The van der Waals surface area contributed by atoms with Gasteiger partial charge in [0.15, 0.2) is 0 Å². The fourth-order valence-corrected chi connectivity index (χ4v) is 6.39. The molecule has 3 heterocycles. The number of likely N-dealkylation sites (tertiary alicyclic amines) is 1. The number of nitrogens with zero attached hydrogens (tertiary/aromatic N) is 2. The lowest BCUT2D eigenvalue weighted by Gasteiger charge is -2.51. The monoisotopic (exact) mass is 460 g/mol. The Balaban J connectivity index is 1.15. The fourth-order valence-electron chi connectivity index (χ4n) is 6.39. The van der Waals surface area contributed by atoms with Crippen molar-refractivity contribution < 1.29 is 18.4 Å². The molecule has 0 radical (unpaired) electrons. The van der Waals surface area contributed by atoms with Crippen molar-refractivity contribution in [2.75, 3.05) is 37.6 Å². The van der Waals surface area contributed by atoms with Crippen molar-refractivity contribution >= 4 is 17.5 Å². The lowest BCUT2D eigenvalue weighted by atomic mass is 9.60. The molecule has 180 valence electrons. The van der Waals surface area contributed by atoms with Gasteiger partial charge in [-0.2, -0.15) is 0 Å². The van der Waals surface area contributed by atoms with Crippen LogP contribution in [0.5, 0.6) is 0 Å². The highest BCUT2D eigenvalue weighted by Gasteiger charge is 2.44. The number of nitrogens with one attached hydrogen (secondary N) is 1. The predicted octanol–water partition coefficient (Wildman–Crippen LogP) is 2.71. The van der Waals surface area contributed by atoms with E-state index in [0.717, 1.165) is 32.5 Å². The molecule has 1 aromatic rings.